The number of amides is 1. The van der Waals surface area contributed by atoms with E-state index in [9.17, 15) is 23.3 Å². The Morgan fingerprint density at radius 3 is 2.47 bits per heavy atom. The molecular weight excluding hydrogens is 410 g/mol. The maximum atomic E-state index is 12.3. The van der Waals surface area contributed by atoms with Crippen LogP contribution >= 0.6 is 0 Å². The average Bonchev–Trinajstić information content (AvgIpc) is 2.70. The van der Waals surface area contributed by atoms with Crippen LogP contribution in [0.4, 0.5) is 11.4 Å². The zero-order valence-electron chi connectivity index (χ0n) is 17.1. The van der Waals surface area contributed by atoms with Crippen molar-refractivity contribution >= 4 is 27.3 Å². The summed E-state index contributed by atoms with van der Waals surface area (Å²) in [6.45, 7) is 1.84. The number of nitrogens with zero attached hydrogens (tertiary/aromatic N) is 2. The van der Waals surface area contributed by atoms with Gasteiger partial charge in [0.1, 0.15) is 11.4 Å². The van der Waals surface area contributed by atoms with Gasteiger partial charge in [0.25, 0.3) is 5.69 Å². The molecule has 0 heterocycles. The molecule has 9 nitrogen and oxygen atoms in total. The van der Waals surface area contributed by atoms with E-state index in [-0.39, 0.29) is 48.5 Å². The first-order valence-electron chi connectivity index (χ1n) is 9.28. The van der Waals surface area contributed by atoms with Gasteiger partial charge >= 0.3 is 0 Å². The monoisotopic (exact) mass is 435 g/mol. The fraction of sp³-hybridized carbons (Fsp3) is 0.350. The number of hydrogen-bond acceptors (Lipinski definition) is 6. The SMILES string of the molecule is COc1ccc([N+](=O)[O-])cc1N(CCCC(=O)N[C@@H](C)c1ccccc1)S(C)(=O)=O. The molecule has 0 fully saturated rings. The summed E-state index contributed by atoms with van der Waals surface area (Å²) in [6.07, 6.45) is 1.33. The molecule has 0 saturated heterocycles. The van der Waals surface area contributed by atoms with Crippen LogP contribution in [0, 0.1) is 10.1 Å². The molecule has 2 rings (SSSR count). The second-order valence-electron chi connectivity index (χ2n) is 6.75. The Morgan fingerprint density at radius 1 is 1.23 bits per heavy atom. The number of ether oxygens (including phenoxy) is 1. The largest absolute Gasteiger partial charge is 0.495 e. The molecule has 1 amide bonds. The van der Waals surface area contributed by atoms with E-state index in [4.69, 9.17) is 4.74 Å². The molecule has 10 heteroatoms. The number of rotatable bonds is 10. The Bertz CT molecular complexity index is 995. The lowest BCUT2D eigenvalue weighted by Crippen LogP contribution is -2.33. The summed E-state index contributed by atoms with van der Waals surface area (Å²) < 4.78 is 30.8. The van der Waals surface area contributed by atoms with Crippen LogP contribution in [-0.4, -0.2) is 39.2 Å². The smallest absolute Gasteiger partial charge is 0.271 e. The highest BCUT2D eigenvalue weighted by Gasteiger charge is 2.24. The van der Waals surface area contributed by atoms with E-state index in [0.29, 0.717) is 0 Å². The van der Waals surface area contributed by atoms with Gasteiger partial charge in [-0.25, -0.2) is 8.42 Å². The molecule has 0 bridgehead atoms. The average molecular weight is 436 g/mol. The molecule has 0 aliphatic heterocycles. The number of hydrogen-bond donors (Lipinski definition) is 1. The molecule has 162 valence electrons. The highest BCUT2D eigenvalue weighted by molar-refractivity contribution is 7.92. The Balaban J connectivity index is 2.09. The van der Waals surface area contributed by atoms with E-state index in [0.717, 1.165) is 22.2 Å². The molecule has 0 aliphatic carbocycles. The third-order valence-electron chi connectivity index (χ3n) is 4.48. The maximum Gasteiger partial charge on any atom is 0.271 e. The molecule has 0 aromatic heterocycles. The fourth-order valence-corrected chi connectivity index (χ4v) is 3.93. The van der Waals surface area contributed by atoms with E-state index < -0.39 is 14.9 Å². The molecule has 2 aromatic carbocycles. The lowest BCUT2D eigenvalue weighted by molar-refractivity contribution is -0.384. The maximum absolute atomic E-state index is 12.3. The molecular formula is C20H25N3O6S. The molecule has 0 spiro atoms. The van der Waals surface area contributed by atoms with Gasteiger partial charge in [0.15, 0.2) is 0 Å². The number of nitro benzene ring substituents is 1. The zero-order chi connectivity index (χ0) is 22.3. The normalized spacial score (nSPS) is 12.1. The van der Waals surface area contributed by atoms with Crippen molar-refractivity contribution in [2.24, 2.45) is 0 Å². The van der Waals surface area contributed by atoms with Gasteiger partial charge in [0, 0.05) is 25.1 Å². The van der Waals surface area contributed by atoms with Gasteiger partial charge < -0.3 is 10.1 Å². The topological polar surface area (TPSA) is 119 Å². The van der Waals surface area contributed by atoms with Crippen LogP contribution in [0.1, 0.15) is 31.4 Å². The van der Waals surface area contributed by atoms with Crippen LogP contribution in [0.15, 0.2) is 48.5 Å². The summed E-state index contributed by atoms with van der Waals surface area (Å²) >= 11 is 0. The highest BCUT2D eigenvalue weighted by atomic mass is 32.2. The van der Waals surface area contributed by atoms with Crippen LogP contribution in [0.25, 0.3) is 0 Å². The minimum Gasteiger partial charge on any atom is -0.495 e. The Kier molecular flexibility index (Phi) is 7.76. The second kappa shape index (κ2) is 10.1. The Morgan fingerprint density at radius 2 is 1.90 bits per heavy atom. The molecule has 30 heavy (non-hydrogen) atoms. The molecule has 0 radical (unpaired) electrons. The lowest BCUT2D eigenvalue weighted by Gasteiger charge is -2.24. The van der Waals surface area contributed by atoms with Crippen LogP contribution in [0.5, 0.6) is 5.75 Å². The fourth-order valence-electron chi connectivity index (χ4n) is 2.97. The van der Waals surface area contributed by atoms with Gasteiger partial charge in [0.05, 0.1) is 24.3 Å². The molecule has 0 unspecified atom stereocenters. The third kappa shape index (κ3) is 6.18. The number of methoxy groups -OCH3 is 1. The second-order valence-corrected chi connectivity index (χ2v) is 8.66. The van der Waals surface area contributed by atoms with E-state index in [2.05, 4.69) is 5.32 Å². The van der Waals surface area contributed by atoms with Gasteiger partial charge in [0.2, 0.25) is 15.9 Å². The third-order valence-corrected chi connectivity index (χ3v) is 5.66. The van der Waals surface area contributed by atoms with Crippen molar-refractivity contribution < 1.29 is 22.9 Å². The zero-order valence-corrected chi connectivity index (χ0v) is 17.9. The van der Waals surface area contributed by atoms with Crippen molar-refractivity contribution in [2.75, 3.05) is 24.2 Å². The van der Waals surface area contributed by atoms with Crippen molar-refractivity contribution in [2.45, 2.75) is 25.8 Å². The minimum absolute atomic E-state index is 0.0243. The van der Waals surface area contributed by atoms with Gasteiger partial charge in [-0.2, -0.15) is 0 Å². The van der Waals surface area contributed by atoms with Gasteiger partial charge in [-0.15, -0.1) is 0 Å². The number of anilines is 1. The summed E-state index contributed by atoms with van der Waals surface area (Å²) in [6, 6.07) is 13.0. The molecule has 2 aromatic rings. The highest BCUT2D eigenvalue weighted by Crippen LogP contribution is 2.33. The number of carbonyl (C=O) groups excluding carboxylic acids is 1. The summed E-state index contributed by atoms with van der Waals surface area (Å²) in [5.41, 5.74) is 0.770. The Hall–Kier alpha value is -3.14. The van der Waals surface area contributed by atoms with Crippen LogP contribution in [0.2, 0.25) is 0 Å². The number of non-ortho nitro benzene ring substituents is 1. The van der Waals surface area contributed by atoms with Crippen molar-refractivity contribution in [3.05, 3.63) is 64.2 Å². The van der Waals surface area contributed by atoms with Gasteiger partial charge in [-0.1, -0.05) is 30.3 Å². The van der Waals surface area contributed by atoms with Crippen molar-refractivity contribution in [1.29, 1.82) is 0 Å². The number of nitro groups is 1. The van der Waals surface area contributed by atoms with E-state index in [1.54, 1.807) is 0 Å². The molecule has 1 atom stereocenters. The molecule has 0 aliphatic rings. The summed E-state index contributed by atoms with van der Waals surface area (Å²) in [5.74, 6) is -0.0287. The number of benzene rings is 2. The summed E-state index contributed by atoms with van der Waals surface area (Å²) in [4.78, 5) is 22.8. The summed E-state index contributed by atoms with van der Waals surface area (Å²) in [5, 5.41) is 14.0. The van der Waals surface area contributed by atoms with Crippen molar-refractivity contribution in [1.82, 2.24) is 5.32 Å². The van der Waals surface area contributed by atoms with Crippen LogP contribution < -0.4 is 14.4 Å². The number of nitrogens with one attached hydrogen (secondary N) is 1. The first-order valence-corrected chi connectivity index (χ1v) is 11.1. The molecule has 1 N–H and O–H groups in total. The number of carbonyl (C=O) groups is 1. The first kappa shape index (κ1) is 23.1. The Labute approximate surface area is 175 Å². The molecule has 0 saturated carbocycles. The predicted octanol–water partition coefficient (Wildman–Crippen LogP) is 3.03. The van der Waals surface area contributed by atoms with Crippen molar-refractivity contribution in [3.63, 3.8) is 0 Å². The lowest BCUT2D eigenvalue weighted by atomic mass is 10.1. The van der Waals surface area contributed by atoms with E-state index in [1.165, 1.54) is 19.2 Å². The standard InChI is InChI=1S/C20H25N3O6S/c1-15(16-8-5-4-6-9-16)21-20(24)10-7-13-22(30(3,27)28)18-14-17(23(25)26)11-12-19(18)29-2/h4-6,8-9,11-12,14-15H,7,10,13H2,1-3H3,(H,21,24)/t15-/m0/s1. The van der Waals surface area contributed by atoms with Crippen LogP contribution in [-0.2, 0) is 14.8 Å². The van der Waals surface area contributed by atoms with Gasteiger partial charge in [-0.05, 0) is 25.0 Å². The van der Waals surface area contributed by atoms with E-state index in [1.807, 2.05) is 37.3 Å². The van der Waals surface area contributed by atoms with Crippen molar-refractivity contribution in [3.8, 4) is 5.75 Å². The predicted molar refractivity (Wildman–Crippen MR) is 114 cm³/mol. The summed E-state index contributed by atoms with van der Waals surface area (Å²) in [7, 11) is -2.41. The van der Waals surface area contributed by atoms with Gasteiger partial charge in [-0.3, -0.25) is 19.2 Å². The quantitative estimate of drug-likeness (QED) is 0.453. The van der Waals surface area contributed by atoms with Crippen LogP contribution in [0.3, 0.4) is 0 Å². The number of sulfonamides is 1. The first-order chi connectivity index (χ1) is 14.1. The minimum atomic E-state index is -3.76. The van der Waals surface area contributed by atoms with E-state index >= 15 is 0 Å².